The first-order chi connectivity index (χ1) is 11.1. The van der Waals surface area contributed by atoms with E-state index in [-0.39, 0.29) is 5.91 Å². The summed E-state index contributed by atoms with van der Waals surface area (Å²) in [6.45, 7) is 1.32. The van der Waals surface area contributed by atoms with Crippen LogP contribution in [0.3, 0.4) is 0 Å². The maximum absolute atomic E-state index is 11.8. The van der Waals surface area contributed by atoms with Crippen LogP contribution in [0.2, 0.25) is 0 Å². The van der Waals surface area contributed by atoms with E-state index in [0.717, 1.165) is 17.8 Å². The van der Waals surface area contributed by atoms with E-state index in [1.807, 2.05) is 44.4 Å². The van der Waals surface area contributed by atoms with Gasteiger partial charge in [-0.2, -0.15) is 0 Å². The fraction of sp³-hybridized carbons (Fsp3) is 0.316. The van der Waals surface area contributed by atoms with Gasteiger partial charge in [0, 0.05) is 45.0 Å². The largest absolute Gasteiger partial charge is 0.385 e. The second-order valence-corrected chi connectivity index (χ2v) is 5.70. The molecule has 1 amide bonds. The van der Waals surface area contributed by atoms with Gasteiger partial charge in [0.15, 0.2) is 0 Å². The lowest BCUT2D eigenvalue weighted by molar-refractivity contribution is -0.120. The van der Waals surface area contributed by atoms with Crippen molar-refractivity contribution in [1.29, 1.82) is 0 Å². The van der Waals surface area contributed by atoms with Crippen LogP contribution in [-0.2, 0) is 11.2 Å². The van der Waals surface area contributed by atoms with Gasteiger partial charge in [-0.25, -0.2) is 0 Å². The van der Waals surface area contributed by atoms with Crippen LogP contribution in [0.1, 0.15) is 12.0 Å². The molecule has 2 N–H and O–H groups in total. The summed E-state index contributed by atoms with van der Waals surface area (Å²) in [6.07, 6.45) is 1.34. The van der Waals surface area contributed by atoms with Crippen LogP contribution in [0.15, 0.2) is 54.6 Å². The van der Waals surface area contributed by atoms with E-state index in [2.05, 4.69) is 39.8 Å². The van der Waals surface area contributed by atoms with Crippen LogP contribution in [0, 0.1) is 0 Å². The summed E-state index contributed by atoms with van der Waals surface area (Å²) in [7, 11) is 4.03. The standard InChI is InChI=1S/C19H25N3O/c1-22(2)18-10-8-17(9-11-18)20-15-13-19(23)21-14-12-16-6-4-3-5-7-16/h3-11,20H,12-15H2,1-2H3,(H,21,23). The summed E-state index contributed by atoms with van der Waals surface area (Å²) in [5, 5.41) is 6.23. The predicted octanol–water partition coefficient (Wildman–Crippen LogP) is 2.91. The Morgan fingerprint density at radius 2 is 1.65 bits per heavy atom. The van der Waals surface area contributed by atoms with Gasteiger partial charge in [0.1, 0.15) is 0 Å². The molecule has 2 rings (SSSR count). The first-order valence-electron chi connectivity index (χ1n) is 7.97. The van der Waals surface area contributed by atoms with Crippen LogP contribution in [-0.4, -0.2) is 33.1 Å². The Morgan fingerprint density at radius 3 is 2.30 bits per heavy atom. The maximum Gasteiger partial charge on any atom is 0.221 e. The van der Waals surface area contributed by atoms with Crippen molar-refractivity contribution in [2.24, 2.45) is 0 Å². The number of hydrogen-bond donors (Lipinski definition) is 2. The van der Waals surface area contributed by atoms with Gasteiger partial charge in [-0.05, 0) is 36.2 Å². The molecule has 0 aliphatic heterocycles. The molecule has 122 valence electrons. The number of rotatable bonds is 8. The lowest BCUT2D eigenvalue weighted by Crippen LogP contribution is -2.27. The molecule has 2 aromatic rings. The molecule has 0 spiro atoms. The number of carbonyl (C=O) groups excluding carboxylic acids is 1. The molecule has 4 nitrogen and oxygen atoms in total. The van der Waals surface area contributed by atoms with Gasteiger partial charge in [0.2, 0.25) is 5.91 Å². The Labute approximate surface area is 138 Å². The zero-order valence-corrected chi connectivity index (χ0v) is 13.9. The number of anilines is 2. The quantitative estimate of drug-likeness (QED) is 0.788. The van der Waals surface area contributed by atoms with Crippen molar-refractivity contribution in [1.82, 2.24) is 5.32 Å². The molecule has 0 aromatic heterocycles. The Morgan fingerprint density at radius 1 is 0.957 bits per heavy atom. The summed E-state index contributed by atoms with van der Waals surface area (Å²) in [5.74, 6) is 0.0818. The highest BCUT2D eigenvalue weighted by atomic mass is 16.1. The van der Waals surface area contributed by atoms with Crippen molar-refractivity contribution in [2.45, 2.75) is 12.8 Å². The highest BCUT2D eigenvalue weighted by Gasteiger charge is 2.01. The van der Waals surface area contributed by atoms with Gasteiger partial charge >= 0.3 is 0 Å². The average molecular weight is 311 g/mol. The van der Waals surface area contributed by atoms with E-state index in [9.17, 15) is 4.79 Å². The van der Waals surface area contributed by atoms with E-state index in [1.54, 1.807) is 0 Å². The first kappa shape index (κ1) is 16.9. The number of hydrogen-bond acceptors (Lipinski definition) is 3. The van der Waals surface area contributed by atoms with Crippen molar-refractivity contribution in [3.63, 3.8) is 0 Å². The Bertz CT molecular complexity index is 594. The predicted molar refractivity (Wildman–Crippen MR) is 97.0 cm³/mol. The summed E-state index contributed by atoms with van der Waals surface area (Å²) in [5.41, 5.74) is 3.44. The molecule has 0 saturated carbocycles. The molecule has 0 aliphatic rings. The first-order valence-corrected chi connectivity index (χ1v) is 7.97. The third-order valence-corrected chi connectivity index (χ3v) is 3.64. The fourth-order valence-electron chi connectivity index (χ4n) is 2.28. The van der Waals surface area contributed by atoms with Crippen molar-refractivity contribution >= 4 is 17.3 Å². The van der Waals surface area contributed by atoms with Crippen LogP contribution in [0.4, 0.5) is 11.4 Å². The summed E-state index contributed by atoms with van der Waals surface area (Å²) >= 11 is 0. The van der Waals surface area contributed by atoms with Crippen molar-refractivity contribution in [2.75, 3.05) is 37.4 Å². The molecule has 0 radical (unpaired) electrons. The topological polar surface area (TPSA) is 44.4 Å². The van der Waals surface area contributed by atoms with Crippen LogP contribution >= 0.6 is 0 Å². The number of nitrogens with zero attached hydrogens (tertiary/aromatic N) is 1. The lowest BCUT2D eigenvalue weighted by Gasteiger charge is -2.13. The molecule has 0 unspecified atom stereocenters. The molecule has 0 saturated heterocycles. The fourth-order valence-corrected chi connectivity index (χ4v) is 2.28. The summed E-state index contributed by atoms with van der Waals surface area (Å²) < 4.78 is 0. The van der Waals surface area contributed by atoms with E-state index >= 15 is 0 Å². The Kier molecular flexibility index (Phi) is 6.48. The highest BCUT2D eigenvalue weighted by molar-refractivity contribution is 5.76. The second-order valence-electron chi connectivity index (χ2n) is 5.70. The summed E-state index contributed by atoms with van der Waals surface area (Å²) in [6, 6.07) is 18.4. The molecule has 0 fully saturated rings. The Hall–Kier alpha value is -2.49. The maximum atomic E-state index is 11.8. The monoisotopic (exact) mass is 311 g/mol. The zero-order chi connectivity index (χ0) is 16.5. The van der Waals surface area contributed by atoms with Gasteiger partial charge in [0.25, 0.3) is 0 Å². The lowest BCUT2D eigenvalue weighted by atomic mass is 10.1. The van der Waals surface area contributed by atoms with Crippen LogP contribution < -0.4 is 15.5 Å². The third kappa shape index (κ3) is 6.02. The molecule has 2 aromatic carbocycles. The summed E-state index contributed by atoms with van der Waals surface area (Å²) in [4.78, 5) is 13.9. The minimum Gasteiger partial charge on any atom is -0.385 e. The number of nitrogens with one attached hydrogen (secondary N) is 2. The SMILES string of the molecule is CN(C)c1ccc(NCCC(=O)NCCc2ccccc2)cc1. The van der Waals surface area contributed by atoms with Gasteiger partial charge < -0.3 is 15.5 Å². The molecular formula is C19H25N3O. The van der Waals surface area contributed by atoms with Crippen molar-refractivity contribution < 1.29 is 4.79 Å². The van der Waals surface area contributed by atoms with E-state index in [1.165, 1.54) is 5.56 Å². The van der Waals surface area contributed by atoms with Crippen LogP contribution in [0.5, 0.6) is 0 Å². The minimum absolute atomic E-state index is 0.0818. The molecule has 0 aliphatic carbocycles. The van der Waals surface area contributed by atoms with E-state index in [0.29, 0.717) is 19.5 Å². The van der Waals surface area contributed by atoms with Gasteiger partial charge in [-0.3, -0.25) is 4.79 Å². The van der Waals surface area contributed by atoms with Crippen molar-refractivity contribution in [3.8, 4) is 0 Å². The number of benzene rings is 2. The molecule has 4 heteroatoms. The Balaban J connectivity index is 1.62. The molecule has 0 bridgehead atoms. The number of amides is 1. The zero-order valence-electron chi connectivity index (χ0n) is 13.9. The van der Waals surface area contributed by atoms with Gasteiger partial charge in [0.05, 0.1) is 0 Å². The van der Waals surface area contributed by atoms with E-state index < -0.39 is 0 Å². The highest BCUT2D eigenvalue weighted by Crippen LogP contribution is 2.15. The second kappa shape index (κ2) is 8.83. The third-order valence-electron chi connectivity index (χ3n) is 3.64. The van der Waals surface area contributed by atoms with Crippen LogP contribution in [0.25, 0.3) is 0 Å². The number of carbonyl (C=O) groups is 1. The van der Waals surface area contributed by atoms with Gasteiger partial charge in [-0.1, -0.05) is 30.3 Å². The molecular weight excluding hydrogens is 286 g/mol. The normalized spacial score (nSPS) is 10.2. The molecule has 0 heterocycles. The van der Waals surface area contributed by atoms with Crippen molar-refractivity contribution in [3.05, 3.63) is 60.2 Å². The molecule has 23 heavy (non-hydrogen) atoms. The van der Waals surface area contributed by atoms with Gasteiger partial charge in [-0.15, -0.1) is 0 Å². The average Bonchev–Trinajstić information content (AvgIpc) is 2.56. The smallest absolute Gasteiger partial charge is 0.221 e. The molecule has 0 atom stereocenters. The van der Waals surface area contributed by atoms with E-state index in [4.69, 9.17) is 0 Å². The minimum atomic E-state index is 0.0818.